The molecule has 0 atom stereocenters. The summed E-state index contributed by atoms with van der Waals surface area (Å²) in [5.74, 6) is 0.268. The molecule has 36 heavy (non-hydrogen) atoms. The molecule has 0 saturated heterocycles. The van der Waals surface area contributed by atoms with Gasteiger partial charge in [-0.15, -0.1) is 0 Å². The molecule has 0 aliphatic rings. The highest BCUT2D eigenvalue weighted by Gasteiger charge is 2.15. The van der Waals surface area contributed by atoms with Crippen LogP contribution in [0, 0.1) is 12.7 Å². The lowest BCUT2D eigenvalue weighted by atomic mass is 10.1. The van der Waals surface area contributed by atoms with Crippen LogP contribution in [0.5, 0.6) is 0 Å². The molecular formula is C29H25FN4OS. The molecule has 2 aromatic heterocycles. The number of benzene rings is 3. The minimum absolute atomic E-state index is 0.149. The van der Waals surface area contributed by atoms with E-state index in [9.17, 15) is 9.18 Å². The first kappa shape index (κ1) is 23.8. The van der Waals surface area contributed by atoms with Gasteiger partial charge in [0.1, 0.15) is 5.82 Å². The van der Waals surface area contributed by atoms with Gasteiger partial charge in [-0.2, -0.15) is 0 Å². The average Bonchev–Trinajstić information content (AvgIpc) is 3.24. The van der Waals surface area contributed by atoms with E-state index in [4.69, 9.17) is 4.98 Å². The highest BCUT2D eigenvalue weighted by molar-refractivity contribution is 7.98. The van der Waals surface area contributed by atoms with Crippen molar-refractivity contribution in [3.8, 4) is 0 Å². The number of nitrogens with one attached hydrogen (secondary N) is 1. The molecule has 0 unspecified atom stereocenters. The number of rotatable bonds is 8. The van der Waals surface area contributed by atoms with Crippen LogP contribution in [-0.4, -0.2) is 20.4 Å². The van der Waals surface area contributed by atoms with E-state index >= 15 is 0 Å². The van der Waals surface area contributed by atoms with E-state index in [-0.39, 0.29) is 11.7 Å². The summed E-state index contributed by atoms with van der Waals surface area (Å²) < 4.78 is 15.5. The Morgan fingerprint density at radius 1 is 0.972 bits per heavy atom. The molecule has 0 aliphatic heterocycles. The smallest absolute Gasteiger partial charge is 0.251 e. The molecule has 2 heterocycles. The molecule has 0 fully saturated rings. The van der Waals surface area contributed by atoms with Crippen LogP contribution in [0.4, 0.5) is 4.39 Å². The van der Waals surface area contributed by atoms with Crippen LogP contribution in [0.3, 0.4) is 0 Å². The van der Waals surface area contributed by atoms with Crippen molar-refractivity contribution in [1.29, 1.82) is 0 Å². The van der Waals surface area contributed by atoms with E-state index < -0.39 is 0 Å². The highest BCUT2D eigenvalue weighted by atomic mass is 32.2. The third-order valence-electron chi connectivity index (χ3n) is 5.86. The number of hydrogen-bond donors (Lipinski definition) is 1. The molecule has 1 N–H and O–H groups in total. The predicted octanol–water partition coefficient (Wildman–Crippen LogP) is 6.15. The number of aromatic nitrogens is 3. The predicted molar refractivity (Wildman–Crippen MR) is 141 cm³/mol. The van der Waals surface area contributed by atoms with Gasteiger partial charge in [0.15, 0.2) is 5.16 Å². The molecule has 0 bridgehead atoms. The first-order valence-corrected chi connectivity index (χ1v) is 12.6. The van der Waals surface area contributed by atoms with E-state index in [0.29, 0.717) is 24.4 Å². The van der Waals surface area contributed by atoms with E-state index in [1.54, 1.807) is 42.4 Å². The zero-order valence-electron chi connectivity index (χ0n) is 19.8. The lowest BCUT2D eigenvalue weighted by Gasteiger charge is -2.11. The molecule has 7 heteroatoms. The van der Waals surface area contributed by atoms with E-state index in [1.807, 2.05) is 30.3 Å². The Bertz CT molecular complexity index is 1500. The fourth-order valence-electron chi connectivity index (χ4n) is 4.01. The van der Waals surface area contributed by atoms with E-state index in [2.05, 4.69) is 40.0 Å². The second kappa shape index (κ2) is 10.7. The zero-order valence-corrected chi connectivity index (χ0v) is 20.6. The average molecular weight is 497 g/mol. The number of carbonyl (C=O) groups excluding carboxylic acids is 1. The number of fused-ring (bicyclic) bond motifs is 1. The quantitative estimate of drug-likeness (QED) is 0.262. The molecule has 0 saturated carbocycles. The fourth-order valence-corrected chi connectivity index (χ4v) is 4.98. The van der Waals surface area contributed by atoms with Crippen molar-refractivity contribution in [2.75, 3.05) is 0 Å². The number of pyridine rings is 1. The van der Waals surface area contributed by atoms with Crippen molar-refractivity contribution in [2.24, 2.45) is 0 Å². The summed E-state index contributed by atoms with van der Waals surface area (Å²) in [4.78, 5) is 21.9. The largest absolute Gasteiger partial charge is 0.348 e. The molecule has 0 radical (unpaired) electrons. The van der Waals surface area contributed by atoms with Gasteiger partial charge < -0.3 is 9.88 Å². The lowest BCUT2D eigenvalue weighted by molar-refractivity contribution is 0.0951. The number of thioether (sulfide) groups is 1. The van der Waals surface area contributed by atoms with Crippen LogP contribution in [0.25, 0.3) is 11.0 Å². The number of aryl methyl sites for hydroxylation is 1. The zero-order chi connectivity index (χ0) is 24.9. The molecule has 5 aromatic rings. The number of hydrogen-bond acceptors (Lipinski definition) is 4. The van der Waals surface area contributed by atoms with Crippen LogP contribution >= 0.6 is 11.8 Å². The number of carbonyl (C=O) groups is 1. The third-order valence-corrected chi connectivity index (χ3v) is 6.90. The van der Waals surface area contributed by atoms with Gasteiger partial charge >= 0.3 is 0 Å². The van der Waals surface area contributed by atoms with Crippen LogP contribution in [0.1, 0.15) is 32.6 Å². The summed E-state index contributed by atoms with van der Waals surface area (Å²) >= 11 is 1.60. The van der Waals surface area contributed by atoms with Crippen molar-refractivity contribution in [2.45, 2.75) is 30.9 Å². The first-order chi connectivity index (χ1) is 17.5. The summed E-state index contributed by atoms with van der Waals surface area (Å²) in [5, 5.41) is 3.82. The second-order valence-corrected chi connectivity index (χ2v) is 9.57. The van der Waals surface area contributed by atoms with Gasteiger partial charge in [0, 0.05) is 30.3 Å². The monoisotopic (exact) mass is 496 g/mol. The summed E-state index contributed by atoms with van der Waals surface area (Å²) in [7, 11) is 0. The molecule has 3 aromatic carbocycles. The molecule has 5 nitrogen and oxygen atoms in total. The van der Waals surface area contributed by atoms with E-state index in [0.717, 1.165) is 32.9 Å². The SMILES string of the molecule is Cc1cccc(Cn2c(SCc3ccc(F)cc3)nc3ccc(C(=O)NCc4cccnc4)cc32)c1. The Morgan fingerprint density at radius 3 is 2.58 bits per heavy atom. The van der Waals surface area contributed by atoms with Crippen LogP contribution in [-0.2, 0) is 18.8 Å². The Hall–Kier alpha value is -3.97. The Kier molecular flexibility index (Phi) is 7.09. The van der Waals surface area contributed by atoms with E-state index in [1.165, 1.54) is 17.7 Å². The molecular weight excluding hydrogens is 471 g/mol. The maximum Gasteiger partial charge on any atom is 0.251 e. The van der Waals surface area contributed by atoms with Gasteiger partial charge in [-0.25, -0.2) is 9.37 Å². The molecule has 0 aliphatic carbocycles. The molecule has 0 spiro atoms. The van der Waals surface area contributed by atoms with Gasteiger partial charge in [0.2, 0.25) is 0 Å². The minimum atomic E-state index is -0.246. The maximum absolute atomic E-state index is 13.3. The number of nitrogens with zero attached hydrogens (tertiary/aromatic N) is 3. The topological polar surface area (TPSA) is 59.8 Å². The summed E-state index contributed by atoms with van der Waals surface area (Å²) in [5.41, 5.74) is 6.60. The lowest BCUT2D eigenvalue weighted by Crippen LogP contribution is -2.22. The van der Waals surface area contributed by atoms with Crippen molar-refractivity contribution in [3.05, 3.63) is 125 Å². The Morgan fingerprint density at radius 2 is 1.81 bits per heavy atom. The number of imidazole rings is 1. The number of amides is 1. The maximum atomic E-state index is 13.3. The van der Waals surface area contributed by atoms with Crippen LogP contribution in [0.15, 0.2) is 96.4 Å². The Labute approximate surface area is 213 Å². The first-order valence-electron chi connectivity index (χ1n) is 11.7. The molecule has 5 rings (SSSR count). The minimum Gasteiger partial charge on any atom is -0.348 e. The molecule has 180 valence electrons. The van der Waals surface area contributed by atoms with Gasteiger partial charge in [-0.3, -0.25) is 9.78 Å². The van der Waals surface area contributed by atoms with Gasteiger partial charge in [0.25, 0.3) is 5.91 Å². The Balaban J connectivity index is 1.44. The molecule has 1 amide bonds. The normalized spacial score (nSPS) is 11.1. The van der Waals surface area contributed by atoms with Gasteiger partial charge in [-0.1, -0.05) is 59.8 Å². The number of halogens is 1. The highest BCUT2D eigenvalue weighted by Crippen LogP contribution is 2.29. The standard InChI is InChI=1S/C29H25FN4OS/c1-20-4-2-5-22(14-20)18-34-27-15-24(28(35)32-17-23-6-3-13-31-16-23)9-12-26(27)33-29(34)36-19-21-7-10-25(30)11-8-21/h2-16H,17-19H2,1H3,(H,32,35). The van der Waals surface area contributed by atoms with Crippen LogP contribution < -0.4 is 5.32 Å². The third kappa shape index (κ3) is 5.63. The summed E-state index contributed by atoms with van der Waals surface area (Å²) in [6.45, 7) is 3.11. The second-order valence-electron chi connectivity index (χ2n) is 8.63. The van der Waals surface area contributed by atoms with Crippen molar-refractivity contribution < 1.29 is 9.18 Å². The van der Waals surface area contributed by atoms with Crippen molar-refractivity contribution >= 4 is 28.7 Å². The van der Waals surface area contributed by atoms with Crippen molar-refractivity contribution in [3.63, 3.8) is 0 Å². The fraction of sp³-hybridized carbons (Fsp3) is 0.138. The van der Waals surface area contributed by atoms with Crippen molar-refractivity contribution in [1.82, 2.24) is 19.9 Å². The summed E-state index contributed by atoms with van der Waals surface area (Å²) in [6.07, 6.45) is 3.45. The van der Waals surface area contributed by atoms with Gasteiger partial charge in [-0.05, 0) is 60.0 Å². The van der Waals surface area contributed by atoms with Gasteiger partial charge in [0.05, 0.1) is 17.6 Å². The summed E-state index contributed by atoms with van der Waals surface area (Å²) in [6, 6.07) is 24.3. The van der Waals surface area contributed by atoms with Crippen LogP contribution in [0.2, 0.25) is 0 Å².